The molecule has 4 rings (SSSR count). The Hall–Kier alpha value is -3.02. The van der Waals surface area contributed by atoms with Crippen molar-refractivity contribution in [2.75, 3.05) is 18.0 Å². The molecule has 1 aliphatic heterocycles. The van der Waals surface area contributed by atoms with E-state index in [2.05, 4.69) is 20.1 Å². The fourth-order valence-corrected chi connectivity index (χ4v) is 3.44. The van der Waals surface area contributed by atoms with Crippen molar-refractivity contribution in [1.82, 2.24) is 19.7 Å². The molecule has 1 fully saturated rings. The molecule has 2 aromatic heterocycles. The van der Waals surface area contributed by atoms with Gasteiger partial charge in [0.25, 0.3) is 0 Å². The number of imidazole rings is 1. The van der Waals surface area contributed by atoms with Gasteiger partial charge in [-0.2, -0.15) is 0 Å². The van der Waals surface area contributed by atoms with E-state index in [-0.39, 0.29) is 11.7 Å². The fraction of sp³-hybridized carbons (Fsp3) is 0.300. The van der Waals surface area contributed by atoms with Crippen molar-refractivity contribution in [3.8, 4) is 11.3 Å². The smallest absolute Gasteiger partial charge is 0.203 e. The Labute approximate surface area is 152 Å². The normalized spacial score (nSPS) is 17.3. The summed E-state index contributed by atoms with van der Waals surface area (Å²) in [6, 6.07) is 14.0. The summed E-state index contributed by atoms with van der Waals surface area (Å²) >= 11 is 0. The predicted octanol–water partition coefficient (Wildman–Crippen LogP) is 2.98. The third-order valence-electron chi connectivity index (χ3n) is 4.88. The number of Topliss-reactive ketones (excluding diaryl/α,β-unsaturated/α-hetero) is 1. The molecule has 0 aliphatic carbocycles. The molecule has 1 aromatic carbocycles. The Kier molecular flexibility index (Phi) is 4.48. The van der Waals surface area contributed by atoms with Gasteiger partial charge < -0.3 is 9.47 Å². The van der Waals surface area contributed by atoms with Crippen LogP contribution in [0, 0.1) is 5.92 Å². The number of piperidine rings is 1. The van der Waals surface area contributed by atoms with Crippen LogP contribution in [0.4, 0.5) is 5.82 Å². The minimum atomic E-state index is -0.0551. The van der Waals surface area contributed by atoms with Gasteiger partial charge in [-0.05, 0) is 25.0 Å². The molecule has 1 unspecified atom stereocenters. The number of benzene rings is 1. The molecule has 0 amide bonds. The molecule has 0 saturated carbocycles. The topological polar surface area (TPSA) is 63.9 Å². The van der Waals surface area contributed by atoms with E-state index in [0.717, 1.165) is 36.5 Å². The zero-order valence-electron chi connectivity index (χ0n) is 14.7. The van der Waals surface area contributed by atoms with Gasteiger partial charge in [0.1, 0.15) is 0 Å². The lowest BCUT2D eigenvalue weighted by molar-refractivity contribution is 0.0893. The van der Waals surface area contributed by atoms with Gasteiger partial charge in [-0.15, -0.1) is 10.2 Å². The minimum Gasteiger partial charge on any atom is -0.354 e. The molecule has 26 heavy (non-hydrogen) atoms. The maximum atomic E-state index is 12.8. The predicted molar refractivity (Wildman–Crippen MR) is 99.9 cm³/mol. The van der Waals surface area contributed by atoms with Crippen LogP contribution >= 0.6 is 0 Å². The van der Waals surface area contributed by atoms with Crippen molar-refractivity contribution in [3.05, 3.63) is 60.7 Å². The summed E-state index contributed by atoms with van der Waals surface area (Å²) < 4.78 is 1.79. The van der Waals surface area contributed by atoms with Gasteiger partial charge in [0.15, 0.2) is 11.6 Å². The largest absolute Gasteiger partial charge is 0.354 e. The zero-order chi connectivity index (χ0) is 17.9. The van der Waals surface area contributed by atoms with E-state index in [1.54, 1.807) is 10.8 Å². The summed E-state index contributed by atoms with van der Waals surface area (Å²) in [5.74, 6) is 1.40. The Bertz CT molecular complexity index is 888. The molecule has 1 saturated heterocycles. The van der Waals surface area contributed by atoms with Gasteiger partial charge >= 0.3 is 0 Å². The van der Waals surface area contributed by atoms with Crippen molar-refractivity contribution >= 4 is 11.6 Å². The lowest BCUT2D eigenvalue weighted by atomic mass is 9.93. The summed E-state index contributed by atoms with van der Waals surface area (Å²) in [7, 11) is 1.86. The van der Waals surface area contributed by atoms with E-state index < -0.39 is 0 Å². The van der Waals surface area contributed by atoms with Crippen LogP contribution < -0.4 is 4.90 Å². The number of anilines is 1. The molecule has 1 atom stereocenters. The van der Waals surface area contributed by atoms with Crippen molar-refractivity contribution < 1.29 is 4.79 Å². The first-order chi connectivity index (χ1) is 12.7. The number of carbonyl (C=O) groups is 1. The highest BCUT2D eigenvalue weighted by atomic mass is 16.1. The molecular weight excluding hydrogens is 326 g/mol. The van der Waals surface area contributed by atoms with E-state index >= 15 is 0 Å². The molecule has 0 bridgehead atoms. The van der Waals surface area contributed by atoms with Crippen LogP contribution in [0.3, 0.4) is 0 Å². The number of aromatic nitrogens is 4. The zero-order valence-corrected chi connectivity index (χ0v) is 14.7. The Morgan fingerprint density at radius 3 is 2.65 bits per heavy atom. The molecule has 1 aliphatic rings. The Balaban J connectivity index is 1.49. The summed E-state index contributed by atoms with van der Waals surface area (Å²) in [6.07, 6.45) is 5.32. The van der Waals surface area contributed by atoms with E-state index in [4.69, 9.17) is 0 Å². The number of ketones is 1. The van der Waals surface area contributed by atoms with Gasteiger partial charge in [-0.25, -0.2) is 4.98 Å². The van der Waals surface area contributed by atoms with Crippen LogP contribution in [0.25, 0.3) is 11.3 Å². The maximum absolute atomic E-state index is 12.8. The van der Waals surface area contributed by atoms with E-state index in [1.165, 1.54) is 0 Å². The van der Waals surface area contributed by atoms with Crippen LogP contribution in [0.15, 0.2) is 54.9 Å². The second kappa shape index (κ2) is 7.07. The Morgan fingerprint density at radius 1 is 1.12 bits per heavy atom. The highest BCUT2D eigenvalue weighted by molar-refractivity contribution is 5.95. The molecule has 0 radical (unpaired) electrons. The van der Waals surface area contributed by atoms with E-state index in [9.17, 15) is 4.79 Å². The van der Waals surface area contributed by atoms with Gasteiger partial charge in [0.2, 0.25) is 5.78 Å². The highest BCUT2D eigenvalue weighted by Crippen LogP contribution is 2.25. The third-order valence-corrected chi connectivity index (χ3v) is 4.88. The molecule has 0 spiro atoms. The van der Waals surface area contributed by atoms with Crippen LogP contribution in [0.5, 0.6) is 0 Å². The standard InChI is InChI=1S/C20H21N5O/c1-24-13-11-21-20(24)19(26)16-8-5-12-25(14-16)18-10-9-17(22-23-18)15-6-3-2-4-7-15/h2-4,6-7,9-11,13,16H,5,8,12,14H2,1H3. The Morgan fingerprint density at radius 2 is 1.96 bits per heavy atom. The number of nitrogens with zero attached hydrogens (tertiary/aromatic N) is 5. The fourth-order valence-electron chi connectivity index (χ4n) is 3.44. The van der Waals surface area contributed by atoms with Crippen molar-refractivity contribution in [1.29, 1.82) is 0 Å². The van der Waals surface area contributed by atoms with E-state index in [1.807, 2.05) is 55.7 Å². The molecule has 3 heterocycles. The minimum absolute atomic E-state index is 0.0551. The summed E-state index contributed by atoms with van der Waals surface area (Å²) in [4.78, 5) is 19.1. The highest BCUT2D eigenvalue weighted by Gasteiger charge is 2.29. The van der Waals surface area contributed by atoms with Crippen LogP contribution in [-0.4, -0.2) is 38.6 Å². The molecule has 132 valence electrons. The first-order valence-corrected chi connectivity index (χ1v) is 8.88. The van der Waals surface area contributed by atoms with E-state index in [0.29, 0.717) is 12.4 Å². The number of hydrogen-bond donors (Lipinski definition) is 0. The number of hydrogen-bond acceptors (Lipinski definition) is 5. The summed E-state index contributed by atoms with van der Waals surface area (Å²) in [5, 5.41) is 8.76. The quantitative estimate of drug-likeness (QED) is 0.679. The number of rotatable bonds is 4. The second-order valence-electron chi connectivity index (χ2n) is 6.65. The van der Waals surface area contributed by atoms with Crippen LogP contribution in [0.1, 0.15) is 23.5 Å². The monoisotopic (exact) mass is 347 g/mol. The molecule has 3 aromatic rings. The van der Waals surface area contributed by atoms with Crippen molar-refractivity contribution in [2.24, 2.45) is 13.0 Å². The van der Waals surface area contributed by atoms with Crippen LogP contribution in [-0.2, 0) is 7.05 Å². The SMILES string of the molecule is Cn1ccnc1C(=O)C1CCCN(c2ccc(-c3ccccc3)nn2)C1. The van der Waals surface area contributed by atoms with Crippen molar-refractivity contribution in [3.63, 3.8) is 0 Å². The summed E-state index contributed by atoms with van der Waals surface area (Å²) in [6.45, 7) is 1.55. The first-order valence-electron chi connectivity index (χ1n) is 8.88. The molecular formula is C20H21N5O. The maximum Gasteiger partial charge on any atom is 0.203 e. The van der Waals surface area contributed by atoms with Crippen molar-refractivity contribution in [2.45, 2.75) is 12.8 Å². The van der Waals surface area contributed by atoms with Gasteiger partial charge in [0, 0.05) is 44.0 Å². The van der Waals surface area contributed by atoms with Crippen LogP contribution in [0.2, 0.25) is 0 Å². The van der Waals surface area contributed by atoms with Gasteiger partial charge in [-0.3, -0.25) is 4.79 Å². The lowest BCUT2D eigenvalue weighted by Crippen LogP contribution is -2.39. The molecule has 6 nitrogen and oxygen atoms in total. The van der Waals surface area contributed by atoms with Gasteiger partial charge in [-0.1, -0.05) is 30.3 Å². The number of aryl methyl sites for hydroxylation is 1. The average molecular weight is 347 g/mol. The summed E-state index contributed by atoms with van der Waals surface area (Å²) in [5.41, 5.74) is 1.90. The average Bonchev–Trinajstić information content (AvgIpc) is 3.14. The molecule has 0 N–H and O–H groups in total. The third kappa shape index (κ3) is 3.22. The number of carbonyl (C=O) groups excluding carboxylic acids is 1. The second-order valence-corrected chi connectivity index (χ2v) is 6.65. The van der Waals surface area contributed by atoms with Gasteiger partial charge in [0.05, 0.1) is 5.69 Å². The first kappa shape index (κ1) is 16.4. The lowest BCUT2D eigenvalue weighted by Gasteiger charge is -2.32. The molecule has 6 heteroatoms.